The summed E-state index contributed by atoms with van der Waals surface area (Å²) in [6, 6.07) is 18.8. The molecule has 0 spiro atoms. The minimum atomic E-state index is -1.11. The first-order valence-corrected chi connectivity index (χ1v) is 9.53. The van der Waals surface area contributed by atoms with E-state index in [9.17, 15) is 14.4 Å². The highest BCUT2D eigenvalue weighted by Crippen LogP contribution is 2.16. The van der Waals surface area contributed by atoms with E-state index in [4.69, 9.17) is 4.74 Å². The second-order valence-electron chi connectivity index (χ2n) is 6.98. The maximum atomic E-state index is 12.3. The van der Waals surface area contributed by atoms with Crippen LogP contribution >= 0.6 is 0 Å². The number of hydrogen-bond donors (Lipinski definition) is 2. The van der Waals surface area contributed by atoms with E-state index < -0.39 is 11.4 Å². The number of amides is 2. The molecule has 6 heteroatoms. The molecular formula is C24H26N2O4. The van der Waals surface area contributed by atoms with Crippen molar-refractivity contribution in [2.45, 2.75) is 6.92 Å². The lowest BCUT2D eigenvalue weighted by Gasteiger charge is -2.26. The standard InChI is InChI=1S/C24H26N2O4/c1-24(23(29)30-2,17-25-21(27)15-13-19-9-5-3-6-10-19)18-26-22(28)16-14-20-11-7-4-8-12-20/h3-16H,17-18H2,1-2H3,(H,25,27)(H,26,28)/b15-13+,16-14+. The van der Waals surface area contributed by atoms with E-state index >= 15 is 0 Å². The third-order valence-corrected chi connectivity index (χ3v) is 4.44. The molecule has 0 aromatic heterocycles. The number of ether oxygens (including phenoxy) is 1. The number of esters is 1. The largest absolute Gasteiger partial charge is 0.468 e. The molecule has 2 aromatic carbocycles. The highest BCUT2D eigenvalue weighted by atomic mass is 16.5. The monoisotopic (exact) mass is 406 g/mol. The molecule has 0 saturated heterocycles. The van der Waals surface area contributed by atoms with Crippen LogP contribution in [0.1, 0.15) is 18.1 Å². The van der Waals surface area contributed by atoms with Crippen LogP contribution in [0.3, 0.4) is 0 Å². The Morgan fingerprint density at radius 3 is 1.57 bits per heavy atom. The van der Waals surface area contributed by atoms with Crippen molar-refractivity contribution in [3.63, 3.8) is 0 Å². The average Bonchev–Trinajstić information content (AvgIpc) is 2.79. The molecule has 2 aromatic rings. The summed E-state index contributed by atoms with van der Waals surface area (Å²) in [6.45, 7) is 1.65. The van der Waals surface area contributed by atoms with Gasteiger partial charge >= 0.3 is 5.97 Å². The summed E-state index contributed by atoms with van der Waals surface area (Å²) in [5.41, 5.74) is 0.669. The predicted octanol–water partition coefficient (Wildman–Crippen LogP) is 2.82. The Hall–Kier alpha value is -3.67. The molecule has 0 atom stereocenters. The molecule has 2 amide bonds. The SMILES string of the molecule is COC(=O)C(C)(CNC(=O)/C=C/c1ccccc1)CNC(=O)/C=C/c1ccccc1. The van der Waals surface area contributed by atoms with E-state index in [0.29, 0.717) is 0 Å². The molecule has 0 saturated carbocycles. The van der Waals surface area contributed by atoms with Gasteiger partial charge in [0.2, 0.25) is 11.8 Å². The number of methoxy groups -OCH3 is 1. The van der Waals surface area contributed by atoms with Gasteiger partial charge in [-0.15, -0.1) is 0 Å². The van der Waals surface area contributed by atoms with E-state index in [2.05, 4.69) is 10.6 Å². The Labute approximate surface area is 176 Å². The van der Waals surface area contributed by atoms with Gasteiger partial charge in [0.05, 0.1) is 12.5 Å². The highest BCUT2D eigenvalue weighted by Gasteiger charge is 2.35. The molecule has 30 heavy (non-hydrogen) atoms. The van der Waals surface area contributed by atoms with Crippen LogP contribution in [-0.2, 0) is 19.1 Å². The number of benzene rings is 2. The number of carbonyl (C=O) groups is 3. The highest BCUT2D eigenvalue weighted by molar-refractivity contribution is 5.93. The van der Waals surface area contributed by atoms with Crippen molar-refractivity contribution in [1.82, 2.24) is 10.6 Å². The van der Waals surface area contributed by atoms with Crippen molar-refractivity contribution in [3.05, 3.63) is 83.9 Å². The van der Waals surface area contributed by atoms with Crippen molar-refractivity contribution in [2.24, 2.45) is 5.41 Å². The van der Waals surface area contributed by atoms with Gasteiger partial charge < -0.3 is 15.4 Å². The molecule has 0 bridgehead atoms. The first kappa shape index (κ1) is 22.6. The van der Waals surface area contributed by atoms with Gasteiger partial charge in [0, 0.05) is 25.2 Å². The zero-order valence-corrected chi connectivity index (χ0v) is 17.1. The van der Waals surface area contributed by atoms with E-state index in [1.807, 2.05) is 60.7 Å². The van der Waals surface area contributed by atoms with Gasteiger partial charge in [0.15, 0.2) is 0 Å². The Bertz CT molecular complexity index is 840. The van der Waals surface area contributed by atoms with Crippen molar-refractivity contribution in [1.29, 1.82) is 0 Å². The summed E-state index contributed by atoms with van der Waals surface area (Å²) in [4.78, 5) is 36.5. The van der Waals surface area contributed by atoms with Crippen LogP contribution in [0.15, 0.2) is 72.8 Å². The second kappa shape index (κ2) is 11.4. The zero-order valence-electron chi connectivity index (χ0n) is 17.1. The van der Waals surface area contributed by atoms with Gasteiger partial charge in [-0.3, -0.25) is 14.4 Å². The van der Waals surface area contributed by atoms with Gasteiger partial charge in [-0.05, 0) is 30.2 Å². The van der Waals surface area contributed by atoms with Crippen LogP contribution in [0.2, 0.25) is 0 Å². The van der Waals surface area contributed by atoms with E-state index in [-0.39, 0.29) is 24.9 Å². The Morgan fingerprint density at radius 1 is 0.800 bits per heavy atom. The van der Waals surface area contributed by atoms with E-state index in [1.54, 1.807) is 19.1 Å². The summed E-state index contributed by atoms with van der Waals surface area (Å²) < 4.78 is 4.86. The van der Waals surface area contributed by atoms with Gasteiger partial charge in [-0.1, -0.05) is 60.7 Å². The van der Waals surface area contributed by atoms with Gasteiger partial charge in [0.1, 0.15) is 0 Å². The third-order valence-electron chi connectivity index (χ3n) is 4.44. The predicted molar refractivity (Wildman–Crippen MR) is 117 cm³/mol. The molecule has 6 nitrogen and oxygen atoms in total. The number of hydrogen-bond acceptors (Lipinski definition) is 4. The molecular weight excluding hydrogens is 380 g/mol. The molecule has 0 aliphatic rings. The maximum absolute atomic E-state index is 12.3. The number of carbonyl (C=O) groups excluding carboxylic acids is 3. The van der Waals surface area contributed by atoms with E-state index in [1.165, 1.54) is 19.3 Å². The topological polar surface area (TPSA) is 84.5 Å². The van der Waals surface area contributed by atoms with Crippen molar-refractivity contribution < 1.29 is 19.1 Å². The number of nitrogens with one attached hydrogen (secondary N) is 2. The van der Waals surface area contributed by atoms with Crippen LogP contribution in [-0.4, -0.2) is 38.0 Å². The quantitative estimate of drug-likeness (QED) is 0.495. The first-order chi connectivity index (χ1) is 14.4. The number of rotatable bonds is 9. The molecule has 0 unspecified atom stereocenters. The van der Waals surface area contributed by atoms with Crippen LogP contribution in [0, 0.1) is 5.41 Å². The second-order valence-corrected chi connectivity index (χ2v) is 6.98. The molecule has 2 N–H and O–H groups in total. The average molecular weight is 406 g/mol. The van der Waals surface area contributed by atoms with Crippen molar-refractivity contribution in [2.75, 3.05) is 20.2 Å². The summed E-state index contributed by atoms with van der Waals surface area (Å²) in [5, 5.41) is 5.39. The smallest absolute Gasteiger partial charge is 0.315 e. The fourth-order valence-electron chi connectivity index (χ4n) is 2.61. The maximum Gasteiger partial charge on any atom is 0.315 e. The Morgan fingerprint density at radius 2 is 1.20 bits per heavy atom. The Balaban J connectivity index is 1.91. The van der Waals surface area contributed by atoms with Crippen LogP contribution in [0.4, 0.5) is 0 Å². The lowest BCUT2D eigenvalue weighted by atomic mass is 9.90. The summed E-state index contributed by atoms with van der Waals surface area (Å²) in [5.74, 6) is -1.21. The molecule has 156 valence electrons. The summed E-state index contributed by atoms with van der Waals surface area (Å²) >= 11 is 0. The van der Waals surface area contributed by atoms with Gasteiger partial charge in [-0.25, -0.2) is 0 Å². The third kappa shape index (κ3) is 7.39. The lowest BCUT2D eigenvalue weighted by Crippen LogP contribution is -2.48. The zero-order chi connectivity index (χ0) is 21.8. The molecule has 0 heterocycles. The normalized spacial score (nSPS) is 11.4. The summed E-state index contributed by atoms with van der Waals surface area (Å²) in [6.07, 6.45) is 6.16. The van der Waals surface area contributed by atoms with Crippen LogP contribution in [0.5, 0.6) is 0 Å². The van der Waals surface area contributed by atoms with Gasteiger partial charge in [-0.2, -0.15) is 0 Å². The van der Waals surface area contributed by atoms with Crippen LogP contribution < -0.4 is 10.6 Å². The fourth-order valence-corrected chi connectivity index (χ4v) is 2.61. The molecule has 0 aliphatic carbocycles. The van der Waals surface area contributed by atoms with E-state index in [0.717, 1.165) is 11.1 Å². The molecule has 0 aliphatic heterocycles. The van der Waals surface area contributed by atoms with Gasteiger partial charge in [0.25, 0.3) is 0 Å². The molecule has 2 rings (SSSR count). The minimum Gasteiger partial charge on any atom is -0.468 e. The minimum absolute atomic E-state index is 0.0142. The fraction of sp³-hybridized carbons (Fsp3) is 0.208. The first-order valence-electron chi connectivity index (χ1n) is 9.53. The molecule has 0 radical (unpaired) electrons. The molecule has 0 fully saturated rings. The van der Waals surface area contributed by atoms with Crippen LogP contribution in [0.25, 0.3) is 12.2 Å². The van der Waals surface area contributed by atoms with Crippen molar-refractivity contribution >= 4 is 29.9 Å². The lowest BCUT2D eigenvalue weighted by molar-refractivity contribution is -0.151. The Kier molecular flexibility index (Phi) is 8.56. The van der Waals surface area contributed by atoms with Crippen molar-refractivity contribution in [3.8, 4) is 0 Å². The summed E-state index contributed by atoms with van der Waals surface area (Å²) in [7, 11) is 1.27.